The summed E-state index contributed by atoms with van der Waals surface area (Å²) in [7, 11) is 0. The number of para-hydroxylation sites is 4. The topological polar surface area (TPSA) is 8.17 Å². The molecule has 2 heterocycles. The standard InChI is InChI=1S/C80H50N2/c1-2-20-51(21-3-1)52-40-42-53(43-41-52)54-44-47-56(48-45-54)81(76-39-19-34-70-77(76)64-27-7-13-32-68(64)79(70)65-29-10-4-23-58(65)59-24-5-11-30-66(59)79)73-36-15-8-22-57(73)55-46-49-61-60-25-6-12-31-67(60)80(72(61)50-55)69-33-14-17-38-75(69)82-74-37-16-9-26-62(74)63-28-18-35-71(80)78(63)82/h1-50H. The van der Waals surface area contributed by atoms with E-state index in [9.17, 15) is 0 Å². The van der Waals surface area contributed by atoms with Crippen molar-refractivity contribution in [1.82, 2.24) is 4.57 Å². The highest BCUT2D eigenvalue weighted by molar-refractivity contribution is 6.13. The zero-order chi connectivity index (χ0) is 53.7. The Morgan fingerprint density at radius 1 is 0.256 bits per heavy atom. The molecule has 2 spiro atoms. The quantitative estimate of drug-likeness (QED) is 0.161. The fourth-order valence-corrected chi connectivity index (χ4v) is 15.6. The van der Waals surface area contributed by atoms with E-state index in [1.54, 1.807) is 0 Å². The van der Waals surface area contributed by atoms with Gasteiger partial charge in [-0.15, -0.1) is 0 Å². The van der Waals surface area contributed by atoms with Gasteiger partial charge in [-0.1, -0.05) is 261 Å². The average Bonchev–Trinajstić information content (AvgIpc) is 3.50. The summed E-state index contributed by atoms with van der Waals surface area (Å²) in [6, 6.07) is 114. The maximum Gasteiger partial charge on any atom is 0.0754 e. The molecule has 82 heavy (non-hydrogen) atoms. The van der Waals surface area contributed by atoms with Crippen molar-refractivity contribution < 1.29 is 0 Å². The van der Waals surface area contributed by atoms with E-state index >= 15 is 0 Å². The van der Waals surface area contributed by atoms with Gasteiger partial charge in [0.15, 0.2) is 0 Å². The van der Waals surface area contributed by atoms with Crippen molar-refractivity contribution in [3.8, 4) is 72.4 Å². The third-order valence-corrected chi connectivity index (χ3v) is 18.8. The molecule has 3 aliphatic carbocycles. The first kappa shape index (κ1) is 45.3. The molecule has 0 saturated heterocycles. The minimum atomic E-state index is -0.585. The summed E-state index contributed by atoms with van der Waals surface area (Å²) in [4.78, 5) is 2.56. The molecule has 1 aromatic heterocycles. The van der Waals surface area contributed by atoms with Gasteiger partial charge in [0, 0.05) is 27.6 Å². The first-order valence-electron chi connectivity index (χ1n) is 28.7. The summed E-state index contributed by atoms with van der Waals surface area (Å²) in [5.41, 5.74) is 31.3. The van der Waals surface area contributed by atoms with Crippen molar-refractivity contribution >= 4 is 38.9 Å². The molecule has 1 unspecified atom stereocenters. The highest BCUT2D eigenvalue weighted by Crippen LogP contribution is 2.66. The first-order chi connectivity index (χ1) is 40.7. The molecule has 0 radical (unpaired) electrons. The molecule has 0 N–H and O–H groups in total. The Morgan fingerprint density at radius 3 is 1.38 bits per heavy atom. The second kappa shape index (κ2) is 17.0. The molecule has 1 aliphatic heterocycles. The molecule has 0 bridgehead atoms. The van der Waals surface area contributed by atoms with Crippen LogP contribution < -0.4 is 4.90 Å². The van der Waals surface area contributed by atoms with Gasteiger partial charge in [0.05, 0.1) is 38.9 Å². The van der Waals surface area contributed by atoms with Gasteiger partial charge in [0.25, 0.3) is 0 Å². The average molecular weight is 1040 g/mol. The minimum Gasteiger partial charge on any atom is -0.309 e. The summed E-state index contributed by atoms with van der Waals surface area (Å²) < 4.78 is 2.53. The van der Waals surface area contributed by atoms with Gasteiger partial charge in [-0.2, -0.15) is 0 Å². The lowest BCUT2D eigenvalue weighted by molar-refractivity contribution is 0.749. The highest BCUT2D eigenvalue weighted by Gasteiger charge is 2.53. The van der Waals surface area contributed by atoms with Crippen molar-refractivity contribution in [2.24, 2.45) is 0 Å². The fourth-order valence-electron chi connectivity index (χ4n) is 15.6. The van der Waals surface area contributed by atoms with Gasteiger partial charge in [-0.3, -0.25) is 0 Å². The Labute approximate surface area is 476 Å². The van der Waals surface area contributed by atoms with Gasteiger partial charge in [-0.25, -0.2) is 0 Å². The number of hydrogen-bond donors (Lipinski definition) is 0. The summed E-state index contributed by atoms with van der Waals surface area (Å²) in [5, 5.41) is 2.56. The second-order valence-electron chi connectivity index (χ2n) is 22.6. The Bertz CT molecular complexity index is 4940. The minimum absolute atomic E-state index is 0.496. The third-order valence-electron chi connectivity index (χ3n) is 18.8. The molecule has 2 heteroatoms. The van der Waals surface area contributed by atoms with E-state index in [0.717, 1.165) is 22.6 Å². The molecule has 13 aromatic carbocycles. The number of aromatic nitrogens is 1. The van der Waals surface area contributed by atoms with Crippen LogP contribution in [0.3, 0.4) is 0 Å². The van der Waals surface area contributed by atoms with Gasteiger partial charge < -0.3 is 9.47 Å². The Balaban J connectivity index is 0.874. The van der Waals surface area contributed by atoms with E-state index in [0.29, 0.717) is 0 Å². The maximum atomic E-state index is 2.56. The summed E-state index contributed by atoms with van der Waals surface area (Å²) >= 11 is 0. The monoisotopic (exact) mass is 1040 g/mol. The van der Waals surface area contributed by atoms with E-state index in [1.807, 2.05) is 0 Å². The van der Waals surface area contributed by atoms with E-state index in [4.69, 9.17) is 0 Å². The summed E-state index contributed by atoms with van der Waals surface area (Å²) in [6.45, 7) is 0. The largest absolute Gasteiger partial charge is 0.309 e. The van der Waals surface area contributed by atoms with Gasteiger partial charge >= 0.3 is 0 Å². The van der Waals surface area contributed by atoms with Crippen LogP contribution >= 0.6 is 0 Å². The van der Waals surface area contributed by atoms with E-state index in [2.05, 4.69) is 313 Å². The van der Waals surface area contributed by atoms with E-state index < -0.39 is 10.8 Å². The predicted octanol–water partition coefficient (Wildman–Crippen LogP) is 20.3. The number of benzene rings is 13. The third kappa shape index (κ3) is 5.87. The lowest BCUT2D eigenvalue weighted by Crippen LogP contribution is -2.33. The van der Waals surface area contributed by atoms with Gasteiger partial charge in [0.2, 0.25) is 0 Å². The highest BCUT2D eigenvalue weighted by atomic mass is 15.1. The molecule has 2 nitrogen and oxygen atoms in total. The van der Waals surface area contributed by atoms with Crippen LogP contribution in [0.15, 0.2) is 303 Å². The molecule has 18 rings (SSSR count). The van der Waals surface area contributed by atoms with Gasteiger partial charge in [-0.05, 0) is 143 Å². The number of hydrogen-bond acceptors (Lipinski definition) is 1. The van der Waals surface area contributed by atoms with Crippen LogP contribution in [-0.2, 0) is 10.8 Å². The molecule has 0 amide bonds. The van der Waals surface area contributed by atoms with Crippen LogP contribution in [0, 0.1) is 0 Å². The molecule has 1 atom stereocenters. The number of fused-ring (bicyclic) bond motifs is 22. The Hall–Kier alpha value is -10.5. The SMILES string of the molecule is c1ccc(-c2ccc(-c3ccc(N(c4ccccc4-c4ccc5c(c4)C4(c6ccccc6-5)c5ccccc5-n5c6ccccc6c6cccc4c65)c4cccc5c4-c4ccccc4C54c5ccccc5-c5ccccc54)cc3)cc2)cc1. The number of nitrogens with zero attached hydrogens (tertiary/aromatic N) is 2. The van der Waals surface area contributed by atoms with Crippen molar-refractivity contribution in [2.75, 3.05) is 4.90 Å². The molecule has 380 valence electrons. The van der Waals surface area contributed by atoms with Crippen LogP contribution in [0.4, 0.5) is 17.1 Å². The number of rotatable bonds is 6. The van der Waals surface area contributed by atoms with Crippen LogP contribution in [0.2, 0.25) is 0 Å². The van der Waals surface area contributed by atoms with Crippen LogP contribution in [0.25, 0.3) is 94.3 Å². The zero-order valence-electron chi connectivity index (χ0n) is 44.8. The van der Waals surface area contributed by atoms with Crippen LogP contribution in [0.5, 0.6) is 0 Å². The summed E-state index contributed by atoms with van der Waals surface area (Å²) in [6.07, 6.45) is 0. The molecule has 0 saturated carbocycles. The molecule has 4 aliphatic rings. The smallest absolute Gasteiger partial charge is 0.0754 e. The van der Waals surface area contributed by atoms with E-state index in [-0.39, 0.29) is 0 Å². The predicted molar refractivity (Wildman–Crippen MR) is 339 cm³/mol. The Morgan fingerprint density at radius 2 is 0.695 bits per heavy atom. The lowest BCUT2D eigenvalue weighted by atomic mass is 9.65. The van der Waals surface area contributed by atoms with Gasteiger partial charge in [0.1, 0.15) is 0 Å². The Kier molecular flexibility index (Phi) is 9.39. The zero-order valence-corrected chi connectivity index (χ0v) is 44.8. The molecular formula is C80H50N2. The molecular weight excluding hydrogens is 989 g/mol. The normalized spacial score (nSPS) is 15.0. The van der Waals surface area contributed by atoms with Crippen LogP contribution in [-0.4, -0.2) is 4.57 Å². The first-order valence-corrected chi connectivity index (χ1v) is 28.7. The number of anilines is 3. The maximum absolute atomic E-state index is 2.56. The van der Waals surface area contributed by atoms with Crippen molar-refractivity contribution in [1.29, 1.82) is 0 Å². The fraction of sp³-hybridized carbons (Fsp3) is 0.0250. The lowest BCUT2D eigenvalue weighted by Gasteiger charge is -2.39. The van der Waals surface area contributed by atoms with Crippen molar-refractivity contribution in [3.63, 3.8) is 0 Å². The second-order valence-corrected chi connectivity index (χ2v) is 22.6. The summed E-state index contributed by atoms with van der Waals surface area (Å²) in [5.74, 6) is 0. The van der Waals surface area contributed by atoms with Crippen LogP contribution in [0.1, 0.15) is 44.5 Å². The van der Waals surface area contributed by atoms with E-state index in [1.165, 1.54) is 133 Å². The van der Waals surface area contributed by atoms with Crippen molar-refractivity contribution in [3.05, 3.63) is 348 Å². The molecule has 0 fully saturated rings. The van der Waals surface area contributed by atoms with Crippen molar-refractivity contribution in [2.45, 2.75) is 10.8 Å². The molecule has 14 aromatic rings.